The van der Waals surface area contributed by atoms with Gasteiger partial charge in [-0.1, -0.05) is 56.5 Å². The molecule has 160 valence electrons. The molecule has 1 aliphatic carbocycles. The van der Waals surface area contributed by atoms with Crippen molar-refractivity contribution >= 4 is 17.5 Å². The lowest BCUT2D eigenvalue weighted by Crippen LogP contribution is -2.33. The molecule has 0 atom stereocenters. The van der Waals surface area contributed by atoms with E-state index >= 15 is 0 Å². The summed E-state index contributed by atoms with van der Waals surface area (Å²) in [5, 5.41) is 5.83. The molecule has 0 aliphatic heterocycles. The summed E-state index contributed by atoms with van der Waals surface area (Å²) in [6.45, 7) is 3.18. The third-order valence-electron chi connectivity index (χ3n) is 5.91. The van der Waals surface area contributed by atoms with Crippen molar-refractivity contribution < 1.29 is 9.59 Å². The molecule has 30 heavy (non-hydrogen) atoms. The molecule has 5 nitrogen and oxygen atoms in total. The van der Waals surface area contributed by atoms with Crippen LogP contribution in [0.4, 0.5) is 5.69 Å². The Hall–Kier alpha value is -2.66. The van der Waals surface area contributed by atoms with E-state index in [1.54, 1.807) is 31.2 Å². The number of anilines is 1. The molecule has 0 heterocycles. The predicted octanol–water partition coefficient (Wildman–Crippen LogP) is 4.73. The summed E-state index contributed by atoms with van der Waals surface area (Å²) in [6.07, 6.45) is 6.97. The van der Waals surface area contributed by atoms with Crippen LogP contribution in [0, 0.1) is 0 Å². The van der Waals surface area contributed by atoms with Crippen molar-refractivity contribution in [1.29, 1.82) is 0 Å². The van der Waals surface area contributed by atoms with Gasteiger partial charge >= 0.3 is 0 Å². The van der Waals surface area contributed by atoms with Gasteiger partial charge in [0.25, 0.3) is 5.91 Å². The van der Waals surface area contributed by atoms with Crippen molar-refractivity contribution in [3.63, 3.8) is 0 Å². The van der Waals surface area contributed by atoms with Crippen molar-refractivity contribution in [2.75, 3.05) is 12.4 Å². The number of rotatable bonds is 8. The van der Waals surface area contributed by atoms with Crippen LogP contribution in [0.25, 0.3) is 0 Å². The zero-order chi connectivity index (χ0) is 21.3. The van der Waals surface area contributed by atoms with E-state index in [0.717, 1.165) is 12.1 Å². The second-order valence-corrected chi connectivity index (χ2v) is 8.14. The molecular weight excluding hydrogens is 374 g/mol. The standard InChI is InChI=1S/C25H33N3O2/c1-3-24(29)27-22-13-9-12-19(16-22)25(30)26-17-20-10-7-8-11-21(20)18-28(2)23-14-5-4-6-15-23/h7-13,16,23H,3-6,14-15,17-18H2,1-2H3,(H,26,30)(H,27,29). The largest absolute Gasteiger partial charge is 0.348 e. The molecule has 5 heteroatoms. The first-order chi connectivity index (χ1) is 14.6. The van der Waals surface area contributed by atoms with Crippen molar-refractivity contribution in [2.45, 2.75) is 64.6 Å². The van der Waals surface area contributed by atoms with Crippen LogP contribution in [-0.4, -0.2) is 29.8 Å². The van der Waals surface area contributed by atoms with E-state index in [9.17, 15) is 9.59 Å². The number of benzene rings is 2. The Labute approximate surface area is 179 Å². The van der Waals surface area contributed by atoms with E-state index in [1.807, 2.05) is 6.07 Å². The first-order valence-corrected chi connectivity index (χ1v) is 11.0. The van der Waals surface area contributed by atoms with Crippen LogP contribution in [0.5, 0.6) is 0 Å². The van der Waals surface area contributed by atoms with Crippen LogP contribution in [0.2, 0.25) is 0 Å². The van der Waals surface area contributed by atoms with Crippen LogP contribution in [0.3, 0.4) is 0 Å². The molecule has 0 saturated heterocycles. The highest BCUT2D eigenvalue weighted by molar-refractivity contribution is 5.97. The summed E-state index contributed by atoms with van der Waals surface area (Å²) in [7, 11) is 2.21. The second kappa shape index (κ2) is 10.9. The fourth-order valence-electron chi connectivity index (χ4n) is 4.07. The van der Waals surface area contributed by atoms with Crippen LogP contribution in [0.15, 0.2) is 48.5 Å². The van der Waals surface area contributed by atoms with E-state index in [2.05, 4.69) is 40.8 Å². The normalized spacial score (nSPS) is 14.5. The Morgan fingerprint density at radius 1 is 1.00 bits per heavy atom. The van der Waals surface area contributed by atoms with Gasteiger partial charge in [0.15, 0.2) is 0 Å². The van der Waals surface area contributed by atoms with E-state index in [-0.39, 0.29) is 11.8 Å². The number of hydrogen-bond acceptors (Lipinski definition) is 3. The highest BCUT2D eigenvalue weighted by Crippen LogP contribution is 2.23. The first-order valence-electron chi connectivity index (χ1n) is 11.0. The van der Waals surface area contributed by atoms with Gasteiger partial charge in [0.2, 0.25) is 5.91 Å². The van der Waals surface area contributed by atoms with Gasteiger partial charge in [-0.2, -0.15) is 0 Å². The highest BCUT2D eigenvalue weighted by atomic mass is 16.2. The number of nitrogens with zero attached hydrogens (tertiary/aromatic N) is 1. The maximum absolute atomic E-state index is 12.7. The molecule has 2 amide bonds. The molecule has 2 aromatic rings. The second-order valence-electron chi connectivity index (χ2n) is 8.14. The van der Waals surface area contributed by atoms with Gasteiger partial charge in [-0.3, -0.25) is 14.5 Å². The third kappa shape index (κ3) is 6.17. The number of carbonyl (C=O) groups excluding carboxylic acids is 2. The summed E-state index contributed by atoms with van der Waals surface area (Å²) < 4.78 is 0. The van der Waals surface area contributed by atoms with Crippen LogP contribution in [0.1, 0.15) is 66.9 Å². The molecule has 1 aliphatic rings. The molecule has 1 saturated carbocycles. The van der Waals surface area contributed by atoms with Gasteiger partial charge < -0.3 is 10.6 Å². The number of amides is 2. The van der Waals surface area contributed by atoms with Crippen LogP contribution in [-0.2, 0) is 17.9 Å². The van der Waals surface area contributed by atoms with Gasteiger partial charge in [0, 0.05) is 36.8 Å². The monoisotopic (exact) mass is 407 g/mol. The van der Waals surface area contributed by atoms with Gasteiger partial charge in [-0.05, 0) is 49.2 Å². The first kappa shape index (κ1) is 22.0. The van der Waals surface area contributed by atoms with E-state index in [4.69, 9.17) is 0 Å². The van der Waals surface area contributed by atoms with E-state index in [0.29, 0.717) is 30.3 Å². The topological polar surface area (TPSA) is 61.4 Å². The average Bonchev–Trinajstić information content (AvgIpc) is 2.79. The third-order valence-corrected chi connectivity index (χ3v) is 5.91. The number of carbonyl (C=O) groups is 2. The van der Waals surface area contributed by atoms with Crippen molar-refractivity contribution in [3.05, 3.63) is 65.2 Å². The summed E-state index contributed by atoms with van der Waals surface area (Å²) >= 11 is 0. The van der Waals surface area contributed by atoms with Gasteiger partial charge in [0.05, 0.1) is 0 Å². The lowest BCUT2D eigenvalue weighted by atomic mass is 9.94. The maximum Gasteiger partial charge on any atom is 0.251 e. The van der Waals surface area contributed by atoms with Crippen LogP contribution >= 0.6 is 0 Å². The zero-order valence-electron chi connectivity index (χ0n) is 18.1. The van der Waals surface area contributed by atoms with Crippen molar-refractivity contribution in [1.82, 2.24) is 10.2 Å². The molecule has 2 aromatic carbocycles. The Balaban J connectivity index is 1.61. The number of hydrogen-bond donors (Lipinski definition) is 2. The summed E-state index contributed by atoms with van der Waals surface area (Å²) in [4.78, 5) is 26.7. The molecule has 3 rings (SSSR count). The molecule has 0 spiro atoms. The van der Waals surface area contributed by atoms with Gasteiger partial charge in [-0.25, -0.2) is 0 Å². The summed E-state index contributed by atoms with van der Waals surface area (Å²) in [5.41, 5.74) is 3.59. The minimum atomic E-state index is -0.141. The molecular formula is C25H33N3O2. The van der Waals surface area contributed by atoms with Crippen LogP contribution < -0.4 is 10.6 Å². The maximum atomic E-state index is 12.7. The lowest BCUT2D eigenvalue weighted by molar-refractivity contribution is -0.115. The average molecular weight is 408 g/mol. The Morgan fingerprint density at radius 3 is 2.47 bits per heavy atom. The minimum absolute atomic E-state index is 0.0661. The Kier molecular flexibility index (Phi) is 8.03. The smallest absolute Gasteiger partial charge is 0.251 e. The Morgan fingerprint density at radius 2 is 1.73 bits per heavy atom. The van der Waals surface area contributed by atoms with E-state index < -0.39 is 0 Å². The lowest BCUT2D eigenvalue weighted by Gasteiger charge is -2.31. The van der Waals surface area contributed by atoms with Gasteiger partial charge in [0.1, 0.15) is 0 Å². The van der Waals surface area contributed by atoms with Crippen molar-refractivity contribution in [3.8, 4) is 0 Å². The molecule has 1 fully saturated rings. The molecule has 2 N–H and O–H groups in total. The predicted molar refractivity (Wildman–Crippen MR) is 121 cm³/mol. The fraction of sp³-hybridized carbons (Fsp3) is 0.440. The Bertz CT molecular complexity index is 859. The summed E-state index contributed by atoms with van der Waals surface area (Å²) in [6, 6.07) is 16.0. The highest BCUT2D eigenvalue weighted by Gasteiger charge is 2.19. The molecule has 0 bridgehead atoms. The molecule has 0 aromatic heterocycles. The minimum Gasteiger partial charge on any atom is -0.348 e. The fourth-order valence-corrected chi connectivity index (χ4v) is 4.07. The molecule has 0 radical (unpaired) electrons. The zero-order valence-corrected chi connectivity index (χ0v) is 18.1. The number of nitrogens with one attached hydrogen (secondary N) is 2. The molecule has 0 unspecified atom stereocenters. The van der Waals surface area contributed by atoms with E-state index in [1.165, 1.54) is 37.7 Å². The summed E-state index contributed by atoms with van der Waals surface area (Å²) in [5.74, 6) is -0.207. The quantitative estimate of drug-likeness (QED) is 0.665. The van der Waals surface area contributed by atoms with Gasteiger partial charge in [-0.15, -0.1) is 0 Å². The SMILES string of the molecule is CCC(=O)Nc1cccc(C(=O)NCc2ccccc2CN(C)C2CCCCC2)c1. The van der Waals surface area contributed by atoms with Crippen molar-refractivity contribution in [2.24, 2.45) is 0 Å².